The zero-order valence-corrected chi connectivity index (χ0v) is 14.2. The molecule has 1 aromatic carbocycles. The summed E-state index contributed by atoms with van der Waals surface area (Å²) < 4.78 is 0. The van der Waals surface area contributed by atoms with Gasteiger partial charge in [0.15, 0.2) is 0 Å². The van der Waals surface area contributed by atoms with Crippen LogP contribution >= 0.6 is 11.8 Å². The second-order valence-electron chi connectivity index (χ2n) is 6.37. The highest BCUT2D eigenvalue weighted by Gasteiger charge is 2.22. The van der Waals surface area contributed by atoms with Crippen LogP contribution in [0.1, 0.15) is 39.7 Å². The van der Waals surface area contributed by atoms with Gasteiger partial charge in [0.05, 0.1) is 11.4 Å². The average molecular weight is 309 g/mol. The molecule has 0 bridgehead atoms. The van der Waals surface area contributed by atoms with E-state index in [1.54, 1.807) is 18.7 Å². The number of aliphatic hydroxyl groups excluding tert-OH is 1. The Labute approximate surface area is 132 Å². The number of hydrogen-bond acceptors (Lipinski definition) is 3. The van der Waals surface area contributed by atoms with Gasteiger partial charge in [-0.25, -0.2) is 0 Å². The number of nitrogens with one attached hydrogen (secondary N) is 1. The Morgan fingerprint density at radius 3 is 2.48 bits per heavy atom. The van der Waals surface area contributed by atoms with Crippen molar-refractivity contribution in [2.75, 3.05) is 6.54 Å². The molecular formula is C17H27NO2S. The van der Waals surface area contributed by atoms with E-state index in [0.29, 0.717) is 13.0 Å². The van der Waals surface area contributed by atoms with Crippen LogP contribution in [0.3, 0.4) is 0 Å². The predicted molar refractivity (Wildman–Crippen MR) is 90.3 cm³/mol. The lowest BCUT2D eigenvalue weighted by molar-refractivity contribution is -0.120. The molecule has 1 rings (SSSR count). The maximum absolute atomic E-state index is 12.1. The molecule has 0 heterocycles. The Morgan fingerprint density at radius 1 is 1.29 bits per heavy atom. The molecule has 2 atom stereocenters. The van der Waals surface area contributed by atoms with E-state index in [1.165, 1.54) is 5.56 Å². The smallest absolute Gasteiger partial charge is 0.232 e. The van der Waals surface area contributed by atoms with Crippen LogP contribution in [0, 0.1) is 5.41 Å². The van der Waals surface area contributed by atoms with Crippen LogP contribution in [0.15, 0.2) is 30.3 Å². The second-order valence-corrected chi connectivity index (χ2v) is 7.70. The number of hydrogen-bond donors (Lipinski definition) is 2. The summed E-state index contributed by atoms with van der Waals surface area (Å²) in [5, 5.41) is 12.4. The van der Waals surface area contributed by atoms with Crippen molar-refractivity contribution >= 4 is 17.7 Å². The van der Waals surface area contributed by atoms with Crippen LogP contribution in [0.5, 0.6) is 0 Å². The average Bonchev–Trinajstić information content (AvgIpc) is 2.42. The minimum Gasteiger partial charge on any atom is -0.393 e. The molecule has 2 unspecified atom stereocenters. The first-order valence-electron chi connectivity index (χ1n) is 7.41. The van der Waals surface area contributed by atoms with Gasteiger partial charge in [-0.1, -0.05) is 44.2 Å². The molecule has 2 N–H and O–H groups in total. The molecule has 21 heavy (non-hydrogen) atoms. The largest absolute Gasteiger partial charge is 0.393 e. The highest BCUT2D eigenvalue weighted by atomic mass is 32.2. The Morgan fingerprint density at radius 2 is 1.90 bits per heavy atom. The lowest BCUT2D eigenvalue weighted by Crippen LogP contribution is -2.39. The molecule has 0 spiro atoms. The van der Waals surface area contributed by atoms with Crippen molar-refractivity contribution < 1.29 is 9.90 Å². The molecule has 0 aliphatic carbocycles. The number of aliphatic hydroxyl groups is 1. The topological polar surface area (TPSA) is 49.3 Å². The minimum absolute atomic E-state index is 0.0644. The van der Waals surface area contributed by atoms with Crippen molar-refractivity contribution in [2.24, 2.45) is 5.41 Å². The van der Waals surface area contributed by atoms with E-state index < -0.39 is 0 Å². The quantitative estimate of drug-likeness (QED) is 0.775. The van der Waals surface area contributed by atoms with E-state index >= 15 is 0 Å². The number of thioether (sulfide) groups is 1. The van der Waals surface area contributed by atoms with Crippen molar-refractivity contribution in [2.45, 2.75) is 51.2 Å². The minimum atomic E-state index is -0.346. The van der Waals surface area contributed by atoms with Gasteiger partial charge in [-0.15, -0.1) is 11.8 Å². The molecule has 3 nitrogen and oxygen atoms in total. The maximum Gasteiger partial charge on any atom is 0.232 e. The third kappa shape index (κ3) is 7.53. The lowest BCUT2D eigenvalue weighted by atomic mass is 9.87. The standard InChI is InChI=1S/C17H27NO2S/c1-13(19)10-17(3,4)12-18-16(20)14(2)21-11-15-8-6-5-7-9-15/h5-9,13-14,19H,10-12H2,1-4H3,(H,18,20). The van der Waals surface area contributed by atoms with Gasteiger partial charge in [-0.3, -0.25) is 4.79 Å². The Bertz CT molecular complexity index is 432. The van der Waals surface area contributed by atoms with Gasteiger partial charge >= 0.3 is 0 Å². The fraction of sp³-hybridized carbons (Fsp3) is 0.588. The van der Waals surface area contributed by atoms with Gasteiger partial charge in [0, 0.05) is 12.3 Å². The van der Waals surface area contributed by atoms with E-state index in [-0.39, 0.29) is 22.7 Å². The zero-order chi connectivity index (χ0) is 15.9. The number of carbonyl (C=O) groups is 1. The van der Waals surface area contributed by atoms with Crippen LogP contribution < -0.4 is 5.32 Å². The third-order valence-corrected chi connectivity index (χ3v) is 4.52. The molecule has 1 amide bonds. The Balaban J connectivity index is 2.34. The summed E-state index contributed by atoms with van der Waals surface area (Å²) in [7, 11) is 0. The summed E-state index contributed by atoms with van der Waals surface area (Å²) >= 11 is 1.64. The summed E-state index contributed by atoms with van der Waals surface area (Å²) in [4.78, 5) is 12.1. The Hall–Kier alpha value is -1.00. The number of carbonyl (C=O) groups excluding carboxylic acids is 1. The Kier molecular flexibility index (Phi) is 7.26. The van der Waals surface area contributed by atoms with Crippen LogP contribution in [-0.2, 0) is 10.5 Å². The molecule has 0 fully saturated rings. The van der Waals surface area contributed by atoms with Gasteiger partial charge in [-0.05, 0) is 31.2 Å². The summed E-state index contributed by atoms with van der Waals surface area (Å²) in [6, 6.07) is 10.2. The van der Waals surface area contributed by atoms with Crippen molar-refractivity contribution in [3.63, 3.8) is 0 Å². The van der Waals surface area contributed by atoms with Gasteiger partial charge < -0.3 is 10.4 Å². The molecule has 0 aliphatic heterocycles. The molecule has 0 saturated carbocycles. The molecular weight excluding hydrogens is 282 g/mol. The van der Waals surface area contributed by atoms with Gasteiger partial charge in [-0.2, -0.15) is 0 Å². The van der Waals surface area contributed by atoms with E-state index in [9.17, 15) is 9.90 Å². The summed E-state index contributed by atoms with van der Waals surface area (Å²) in [5.41, 5.74) is 1.14. The molecule has 118 valence electrons. The molecule has 0 radical (unpaired) electrons. The van der Waals surface area contributed by atoms with Crippen LogP contribution in [0.25, 0.3) is 0 Å². The van der Waals surface area contributed by atoms with Crippen LogP contribution in [-0.4, -0.2) is 28.9 Å². The maximum atomic E-state index is 12.1. The summed E-state index contributed by atoms with van der Waals surface area (Å²) in [5.74, 6) is 0.904. The zero-order valence-electron chi connectivity index (χ0n) is 13.4. The van der Waals surface area contributed by atoms with Gasteiger partial charge in [0.25, 0.3) is 0 Å². The van der Waals surface area contributed by atoms with E-state index in [1.807, 2.05) is 25.1 Å². The van der Waals surface area contributed by atoms with Crippen molar-refractivity contribution in [3.05, 3.63) is 35.9 Å². The first kappa shape index (κ1) is 18.1. The monoisotopic (exact) mass is 309 g/mol. The molecule has 0 saturated heterocycles. The van der Waals surface area contributed by atoms with Crippen molar-refractivity contribution in [1.82, 2.24) is 5.32 Å². The SMILES string of the molecule is CC(O)CC(C)(C)CNC(=O)C(C)SCc1ccccc1. The first-order chi connectivity index (χ1) is 9.80. The molecule has 4 heteroatoms. The highest BCUT2D eigenvalue weighted by Crippen LogP contribution is 2.22. The van der Waals surface area contributed by atoms with Crippen LogP contribution in [0.4, 0.5) is 0 Å². The molecule has 0 aromatic heterocycles. The van der Waals surface area contributed by atoms with E-state index in [2.05, 4.69) is 31.3 Å². The summed E-state index contributed by atoms with van der Waals surface area (Å²) in [6.45, 7) is 8.42. The van der Waals surface area contributed by atoms with E-state index in [4.69, 9.17) is 0 Å². The van der Waals surface area contributed by atoms with Crippen molar-refractivity contribution in [1.29, 1.82) is 0 Å². The highest BCUT2D eigenvalue weighted by molar-refractivity contribution is 7.99. The normalized spacial score (nSPS) is 14.5. The predicted octanol–water partition coefficient (Wildman–Crippen LogP) is 3.22. The second kappa shape index (κ2) is 8.44. The number of rotatable bonds is 8. The van der Waals surface area contributed by atoms with E-state index in [0.717, 1.165) is 5.75 Å². The fourth-order valence-electron chi connectivity index (χ4n) is 2.21. The third-order valence-electron chi connectivity index (χ3n) is 3.30. The van der Waals surface area contributed by atoms with Crippen molar-refractivity contribution in [3.8, 4) is 0 Å². The number of amides is 1. The number of benzene rings is 1. The van der Waals surface area contributed by atoms with Gasteiger partial charge in [0.2, 0.25) is 5.91 Å². The first-order valence-corrected chi connectivity index (χ1v) is 8.46. The lowest BCUT2D eigenvalue weighted by Gasteiger charge is -2.27. The molecule has 1 aromatic rings. The fourth-order valence-corrected chi connectivity index (χ4v) is 3.08. The molecule has 0 aliphatic rings. The van der Waals surface area contributed by atoms with Crippen LogP contribution in [0.2, 0.25) is 0 Å². The van der Waals surface area contributed by atoms with Gasteiger partial charge in [0.1, 0.15) is 0 Å². The summed E-state index contributed by atoms with van der Waals surface area (Å²) in [6.07, 6.45) is 0.334.